The Labute approximate surface area is 209 Å². The largest absolute Gasteiger partial charge is 0.454 e. The molecule has 0 fully saturated rings. The zero-order chi connectivity index (χ0) is 23.5. The quantitative estimate of drug-likeness (QED) is 0.402. The lowest BCUT2D eigenvalue weighted by Crippen LogP contribution is -2.38. The lowest BCUT2D eigenvalue weighted by Gasteiger charge is -2.31. The maximum Gasteiger partial charge on any atom is 0.271 e. The van der Waals surface area contributed by atoms with Gasteiger partial charge >= 0.3 is 0 Å². The van der Waals surface area contributed by atoms with Crippen LogP contribution in [0.4, 0.5) is 0 Å². The predicted octanol–water partition coefficient (Wildman–Crippen LogP) is 4.70. The summed E-state index contributed by atoms with van der Waals surface area (Å²) in [4.78, 5) is 19.6. The van der Waals surface area contributed by atoms with Gasteiger partial charge in [0.15, 0.2) is 16.3 Å². The molecule has 1 aliphatic carbocycles. The lowest BCUT2D eigenvalue weighted by molar-refractivity contribution is 0.174. The molecule has 0 N–H and O–H groups in total. The smallest absolute Gasteiger partial charge is 0.271 e. The number of aromatic nitrogens is 1. The number of halogens is 1. The molecule has 3 heterocycles. The number of hydrogen-bond donors (Lipinski definition) is 0. The van der Waals surface area contributed by atoms with Crippen LogP contribution in [-0.4, -0.2) is 11.4 Å². The van der Waals surface area contributed by atoms with Gasteiger partial charge in [0.2, 0.25) is 6.79 Å². The van der Waals surface area contributed by atoms with Crippen molar-refractivity contribution in [3.63, 3.8) is 0 Å². The monoisotopic (exact) mass is 498 g/mol. The third kappa shape index (κ3) is 3.28. The fraction of sp³-hybridized carbons (Fsp3) is 0.143. The van der Waals surface area contributed by atoms with Gasteiger partial charge in [0, 0.05) is 10.6 Å². The molecule has 3 aliphatic rings. The summed E-state index contributed by atoms with van der Waals surface area (Å²) in [5.41, 5.74) is 6.26. The summed E-state index contributed by atoms with van der Waals surface area (Å²) in [6.07, 6.45) is 3.64. The average molecular weight is 499 g/mol. The van der Waals surface area contributed by atoms with Gasteiger partial charge in [-0.25, -0.2) is 4.99 Å². The van der Waals surface area contributed by atoms with Crippen LogP contribution in [0.5, 0.6) is 11.5 Å². The van der Waals surface area contributed by atoms with E-state index >= 15 is 0 Å². The van der Waals surface area contributed by atoms with Gasteiger partial charge in [-0.05, 0) is 59.4 Å². The molecule has 172 valence electrons. The topological polar surface area (TPSA) is 52.8 Å². The Kier molecular flexibility index (Phi) is 4.72. The van der Waals surface area contributed by atoms with Crippen molar-refractivity contribution in [2.75, 3.05) is 6.79 Å². The number of fused-ring (bicyclic) bond motifs is 4. The molecule has 7 heteroatoms. The van der Waals surface area contributed by atoms with E-state index in [-0.39, 0.29) is 18.4 Å². The van der Waals surface area contributed by atoms with Crippen LogP contribution in [0.2, 0.25) is 5.02 Å². The van der Waals surface area contributed by atoms with Gasteiger partial charge in [-0.15, -0.1) is 0 Å². The molecule has 7 rings (SSSR count). The molecule has 0 amide bonds. The number of benzene rings is 3. The molecule has 0 saturated carbocycles. The zero-order valence-electron chi connectivity index (χ0n) is 18.5. The van der Waals surface area contributed by atoms with Crippen LogP contribution < -0.4 is 24.4 Å². The molecule has 3 aromatic carbocycles. The normalized spacial score (nSPS) is 18.1. The number of ether oxygens (including phenoxy) is 2. The summed E-state index contributed by atoms with van der Waals surface area (Å²) in [6.45, 7) is 0.214. The summed E-state index contributed by atoms with van der Waals surface area (Å²) in [5, 5.41) is 0.649. The highest BCUT2D eigenvalue weighted by Crippen LogP contribution is 2.42. The van der Waals surface area contributed by atoms with Crippen molar-refractivity contribution in [2.24, 2.45) is 4.99 Å². The van der Waals surface area contributed by atoms with Crippen molar-refractivity contribution in [1.29, 1.82) is 0 Å². The van der Waals surface area contributed by atoms with E-state index < -0.39 is 0 Å². The van der Waals surface area contributed by atoms with Crippen molar-refractivity contribution in [3.8, 4) is 11.5 Å². The van der Waals surface area contributed by atoms with Crippen LogP contribution >= 0.6 is 22.9 Å². The van der Waals surface area contributed by atoms with E-state index in [9.17, 15) is 4.79 Å². The number of aryl methyl sites for hydroxylation is 1. The van der Waals surface area contributed by atoms with Gasteiger partial charge in [-0.2, -0.15) is 0 Å². The van der Waals surface area contributed by atoms with Crippen molar-refractivity contribution in [3.05, 3.63) is 119 Å². The first-order chi connectivity index (χ1) is 17.2. The molecule has 1 aromatic heterocycles. The van der Waals surface area contributed by atoms with E-state index in [1.807, 2.05) is 59.2 Å². The minimum Gasteiger partial charge on any atom is -0.454 e. The fourth-order valence-corrected chi connectivity index (χ4v) is 6.39. The van der Waals surface area contributed by atoms with Crippen LogP contribution in [0.15, 0.2) is 82.1 Å². The lowest BCUT2D eigenvalue weighted by atomic mass is 9.83. The standard InChI is InChI=1S/C28H19ClN2O3S/c29-21-8-4-3-7-19(21)26-20-11-10-17-5-1-2-6-18(17)25(20)30-28-31(26)27(32)24(35-28)14-16-9-12-22-23(13-16)34-15-33-22/h1-9,12-14,26H,10-11,15H2/b24-14-/t26-/m0/s1. The first kappa shape index (κ1) is 20.7. The van der Waals surface area contributed by atoms with Gasteiger partial charge < -0.3 is 9.47 Å². The van der Waals surface area contributed by atoms with Crippen LogP contribution in [-0.2, 0) is 6.42 Å². The maximum absolute atomic E-state index is 13.8. The van der Waals surface area contributed by atoms with E-state index in [4.69, 9.17) is 26.1 Å². The Morgan fingerprint density at radius 1 is 1.00 bits per heavy atom. The van der Waals surface area contributed by atoms with Crippen LogP contribution in [0.25, 0.3) is 11.8 Å². The van der Waals surface area contributed by atoms with Crippen molar-refractivity contribution in [2.45, 2.75) is 18.9 Å². The number of allylic oxidation sites excluding steroid dienone is 1. The second-order valence-electron chi connectivity index (χ2n) is 8.75. The Morgan fingerprint density at radius 3 is 2.74 bits per heavy atom. The minimum absolute atomic E-state index is 0.0678. The summed E-state index contributed by atoms with van der Waals surface area (Å²) in [5.74, 6) is 1.40. The second kappa shape index (κ2) is 7.97. The molecule has 0 radical (unpaired) electrons. The van der Waals surface area contributed by atoms with Crippen molar-refractivity contribution < 1.29 is 9.47 Å². The average Bonchev–Trinajstić information content (AvgIpc) is 3.47. The Hall–Kier alpha value is -3.61. The summed E-state index contributed by atoms with van der Waals surface area (Å²) in [6, 6.07) is 21.6. The molecule has 0 saturated heterocycles. The summed E-state index contributed by atoms with van der Waals surface area (Å²) in [7, 11) is 0. The molecule has 0 bridgehead atoms. The Bertz CT molecular complexity index is 1730. The number of thiazole rings is 1. The number of rotatable bonds is 2. The Balaban J connectivity index is 1.48. The van der Waals surface area contributed by atoms with E-state index in [0.29, 0.717) is 25.9 Å². The van der Waals surface area contributed by atoms with Crippen LogP contribution in [0, 0.1) is 0 Å². The van der Waals surface area contributed by atoms with Gasteiger partial charge in [-0.3, -0.25) is 9.36 Å². The Morgan fingerprint density at radius 2 is 1.83 bits per heavy atom. The number of nitrogens with zero attached hydrogens (tertiary/aromatic N) is 2. The van der Waals surface area contributed by atoms with Crippen LogP contribution in [0.3, 0.4) is 0 Å². The molecule has 5 nitrogen and oxygen atoms in total. The highest BCUT2D eigenvalue weighted by molar-refractivity contribution is 7.07. The third-order valence-corrected chi connectivity index (χ3v) is 8.09. The number of hydrogen-bond acceptors (Lipinski definition) is 5. The molecule has 2 aliphatic heterocycles. The predicted molar refractivity (Wildman–Crippen MR) is 137 cm³/mol. The highest BCUT2D eigenvalue weighted by atomic mass is 35.5. The summed E-state index contributed by atoms with van der Waals surface area (Å²) >= 11 is 8.10. The molecular weight excluding hydrogens is 480 g/mol. The molecule has 0 unspecified atom stereocenters. The molecule has 1 atom stereocenters. The van der Waals surface area contributed by atoms with E-state index in [2.05, 4.69) is 18.2 Å². The molecule has 4 aromatic rings. The molecule has 35 heavy (non-hydrogen) atoms. The van der Waals surface area contributed by atoms with Gasteiger partial charge in [0.05, 0.1) is 16.3 Å². The second-order valence-corrected chi connectivity index (χ2v) is 10.2. The highest BCUT2D eigenvalue weighted by Gasteiger charge is 2.33. The molecule has 0 spiro atoms. The maximum atomic E-state index is 13.8. The SMILES string of the molecule is O=c1/c(=C/c2ccc3c(c2)OCO3)sc2n1[C@@H](c1ccccc1Cl)C1=C(N=2)c2ccccc2CC1. The first-order valence-corrected chi connectivity index (χ1v) is 12.6. The third-order valence-electron chi connectivity index (χ3n) is 6.77. The van der Waals surface area contributed by atoms with Gasteiger partial charge in [-0.1, -0.05) is 71.5 Å². The molecular formula is C28H19ClN2O3S. The van der Waals surface area contributed by atoms with Gasteiger partial charge in [0.25, 0.3) is 5.56 Å². The van der Waals surface area contributed by atoms with E-state index in [1.54, 1.807) is 0 Å². The van der Waals surface area contributed by atoms with Crippen molar-refractivity contribution in [1.82, 2.24) is 4.57 Å². The first-order valence-electron chi connectivity index (χ1n) is 11.4. The fourth-order valence-electron chi connectivity index (χ4n) is 5.15. The minimum atomic E-state index is -0.290. The zero-order valence-corrected chi connectivity index (χ0v) is 20.1. The van der Waals surface area contributed by atoms with Crippen LogP contribution in [0.1, 0.15) is 34.7 Å². The summed E-state index contributed by atoms with van der Waals surface area (Å²) < 4.78 is 13.4. The van der Waals surface area contributed by atoms with E-state index in [0.717, 1.165) is 40.8 Å². The van der Waals surface area contributed by atoms with Gasteiger partial charge in [0.1, 0.15) is 0 Å². The van der Waals surface area contributed by atoms with E-state index in [1.165, 1.54) is 16.9 Å². The van der Waals surface area contributed by atoms with Crippen molar-refractivity contribution >= 4 is 34.7 Å².